The molecule has 0 aromatic heterocycles. The molecule has 0 saturated heterocycles. The van der Waals surface area contributed by atoms with Crippen molar-refractivity contribution in [1.29, 1.82) is 0 Å². The van der Waals surface area contributed by atoms with Crippen LogP contribution in [0.2, 0.25) is 0 Å². The van der Waals surface area contributed by atoms with E-state index in [0.29, 0.717) is 17.7 Å². The molecule has 0 aliphatic heterocycles. The Hall–Kier alpha value is -1.84. The standard InChI is InChI=1S/C9H9NO3/c1-13-8-4-2-7(3-5-8)9(12)10-6-11/h2-6H,1H3,(H,10,11,12). The monoisotopic (exact) mass is 179 g/mol. The van der Waals surface area contributed by atoms with Gasteiger partial charge >= 0.3 is 0 Å². The van der Waals surface area contributed by atoms with Crippen molar-refractivity contribution < 1.29 is 14.3 Å². The van der Waals surface area contributed by atoms with Crippen molar-refractivity contribution >= 4 is 12.3 Å². The minimum atomic E-state index is -0.419. The van der Waals surface area contributed by atoms with Crippen LogP contribution in [0.1, 0.15) is 10.4 Å². The van der Waals surface area contributed by atoms with Gasteiger partial charge < -0.3 is 4.74 Å². The van der Waals surface area contributed by atoms with E-state index >= 15 is 0 Å². The number of methoxy groups -OCH3 is 1. The molecule has 0 heterocycles. The second kappa shape index (κ2) is 4.25. The summed E-state index contributed by atoms with van der Waals surface area (Å²) >= 11 is 0. The number of carbonyl (C=O) groups is 2. The molecule has 0 atom stereocenters. The lowest BCUT2D eigenvalue weighted by Crippen LogP contribution is -2.20. The average molecular weight is 179 g/mol. The topological polar surface area (TPSA) is 55.4 Å². The molecule has 13 heavy (non-hydrogen) atoms. The van der Waals surface area contributed by atoms with Gasteiger partial charge in [0, 0.05) is 5.56 Å². The highest BCUT2D eigenvalue weighted by Crippen LogP contribution is 2.10. The van der Waals surface area contributed by atoms with E-state index in [1.807, 2.05) is 5.32 Å². The number of nitrogens with one attached hydrogen (secondary N) is 1. The van der Waals surface area contributed by atoms with E-state index in [2.05, 4.69) is 0 Å². The van der Waals surface area contributed by atoms with Crippen LogP contribution in [0.15, 0.2) is 24.3 Å². The van der Waals surface area contributed by atoms with Crippen molar-refractivity contribution in [3.63, 3.8) is 0 Å². The van der Waals surface area contributed by atoms with Crippen molar-refractivity contribution in [3.8, 4) is 5.75 Å². The van der Waals surface area contributed by atoms with E-state index in [4.69, 9.17) is 4.74 Å². The number of imide groups is 1. The van der Waals surface area contributed by atoms with Crippen molar-refractivity contribution in [2.75, 3.05) is 7.11 Å². The number of hydrogen-bond acceptors (Lipinski definition) is 3. The van der Waals surface area contributed by atoms with Crippen LogP contribution in [-0.2, 0) is 4.79 Å². The van der Waals surface area contributed by atoms with E-state index < -0.39 is 5.91 Å². The molecule has 4 nitrogen and oxygen atoms in total. The normalized spacial score (nSPS) is 9.00. The molecule has 0 radical (unpaired) electrons. The van der Waals surface area contributed by atoms with Gasteiger partial charge in [0.2, 0.25) is 6.41 Å². The van der Waals surface area contributed by atoms with Gasteiger partial charge in [0.05, 0.1) is 7.11 Å². The van der Waals surface area contributed by atoms with Crippen molar-refractivity contribution in [2.24, 2.45) is 0 Å². The van der Waals surface area contributed by atoms with Gasteiger partial charge in [0.1, 0.15) is 5.75 Å². The van der Waals surface area contributed by atoms with Crippen LogP contribution in [0, 0.1) is 0 Å². The SMILES string of the molecule is COc1ccc(C(=O)NC=O)cc1. The highest BCUT2D eigenvalue weighted by atomic mass is 16.5. The summed E-state index contributed by atoms with van der Waals surface area (Å²) in [5.41, 5.74) is 0.424. The van der Waals surface area contributed by atoms with Crippen LogP contribution < -0.4 is 10.1 Å². The Morgan fingerprint density at radius 2 is 2.00 bits per heavy atom. The second-order valence-electron chi connectivity index (χ2n) is 2.32. The minimum absolute atomic E-state index is 0.354. The van der Waals surface area contributed by atoms with Crippen LogP contribution in [-0.4, -0.2) is 19.4 Å². The molecular formula is C9H9NO3. The lowest BCUT2D eigenvalue weighted by molar-refractivity contribution is -0.108. The first-order chi connectivity index (χ1) is 6.27. The maximum absolute atomic E-state index is 11.1. The summed E-state index contributed by atoms with van der Waals surface area (Å²) in [6, 6.07) is 6.47. The summed E-state index contributed by atoms with van der Waals surface area (Å²) in [7, 11) is 1.54. The number of hydrogen-bond donors (Lipinski definition) is 1. The van der Waals surface area contributed by atoms with E-state index in [1.165, 1.54) is 0 Å². The third kappa shape index (κ3) is 2.30. The Balaban J connectivity index is 2.79. The highest BCUT2D eigenvalue weighted by Gasteiger charge is 2.02. The van der Waals surface area contributed by atoms with Crippen LogP contribution in [0.4, 0.5) is 0 Å². The minimum Gasteiger partial charge on any atom is -0.497 e. The zero-order valence-corrected chi connectivity index (χ0v) is 7.11. The molecule has 1 N–H and O–H groups in total. The Kier molecular flexibility index (Phi) is 3.03. The fraction of sp³-hybridized carbons (Fsp3) is 0.111. The third-order valence-corrected chi connectivity index (χ3v) is 1.54. The molecule has 0 fully saturated rings. The van der Waals surface area contributed by atoms with E-state index in [1.54, 1.807) is 31.4 Å². The van der Waals surface area contributed by atoms with Gasteiger partial charge in [0.15, 0.2) is 0 Å². The molecule has 0 unspecified atom stereocenters. The fourth-order valence-corrected chi connectivity index (χ4v) is 0.879. The van der Waals surface area contributed by atoms with Crippen molar-refractivity contribution in [2.45, 2.75) is 0 Å². The van der Waals surface area contributed by atoms with Gasteiger partial charge in [-0.2, -0.15) is 0 Å². The molecule has 1 aromatic carbocycles. The maximum Gasteiger partial charge on any atom is 0.257 e. The van der Waals surface area contributed by atoms with Gasteiger partial charge in [-0.05, 0) is 24.3 Å². The van der Waals surface area contributed by atoms with Crippen LogP contribution in [0.25, 0.3) is 0 Å². The molecule has 68 valence electrons. The highest BCUT2D eigenvalue weighted by molar-refractivity contribution is 5.99. The predicted molar refractivity (Wildman–Crippen MR) is 46.5 cm³/mol. The molecule has 0 aliphatic carbocycles. The first-order valence-corrected chi connectivity index (χ1v) is 3.66. The van der Waals surface area contributed by atoms with Crippen LogP contribution in [0.3, 0.4) is 0 Å². The summed E-state index contributed by atoms with van der Waals surface area (Å²) in [6.07, 6.45) is 0.354. The Morgan fingerprint density at radius 3 is 2.46 bits per heavy atom. The molecule has 1 rings (SSSR count). The quantitative estimate of drug-likeness (QED) is 0.690. The maximum atomic E-state index is 11.1. The Morgan fingerprint density at radius 1 is 1.38 bits per heavy atom. The summed E-state index contributed by atoms with van der Waals surface area (Å²) in [4.78, 5) is 21.0. The Labute approximate surface area is 75.5 Å². The zero-order chi connectivity index (χ0) is 9.68. The van der Waals surface area contributed by atoms with Gasteiger partial charge in [-0.15, -0.1) is 0 Å². The molecular weight excluding hydrogens is 170 g/mol. The molecule has 1 aromatic rings. The third-order valence-electron chi connectivity index (χ3n) is 1.54. The number of benzene rings is 1. The lowest BCUT2D eigenvalue weighted by atomic mass is 10.2. The predicted octanol–water partition coefficient (Wildman–Crippen LogP) is 0.581. The lowest BCUT2D eigenvalue weighted by Gasteiger charge is -2.00. The van der Waals surface area contributed by atoms with E-state index in [9.17, 15) is 9.59 Å². The summed E-state index contributed by atoms with van der Waals surface area (Å²) in [5, 5.41) is 2.04. The van der Waals surface area contributed by atoms with Crippen LogP contribution in [0.5, 0.6) is 5.75 Å². The molecule has 0 spiro atoms. The second-order valence-corrected chi connectivity index (χ2v) is 2.32. The molecule has 4 heteroatoms. The van der Waals surface area contributed by atoms with E-state index in [-0.39, 0.29) is 0 Å². The summed E-state index contributed by atoms with van der Waals surface area (Å²) in [5.74, 6) is 0.250. The average Bonchev–Trinajstić information content (AvgIpc) is 2.18. The molecule has 2 amide bonds. The smallest absolute Gasteiger partial charge is 0.257 e. The van der Waals surface area contributed by atoms with E-state index in [0.717, 1.165) is 0 Å². The first-order valence-electron chi connectivity index (χ1n) is 3.66. The van der Waals surface area contributed by atoms with Gasteiger partial charge in [-0.25, -0.2) is 0 Å². The largest absolute Gasteiger partial charge is 0.497 e. The zero-order valence-electron chi connectivity index (χ0n) is 7.11. The molecule has 0 saturated carbocycles. The number of carbonyl (C=O) groups excluding carboxylic acids is 2. The Bertz CT molecular complexity index is 305. The van der Waals surface area contributed by atoms with Crippen molar-refractivity contribution in [3.05, 3.63) is 29.8 Å². The number of amides is 2. The van der Waals surface area contributed by atoms with Crippen LogP contribution >= 0.6 is 0 Å². The summed E-state index contributed by atoms with van der Waals surface area (Å²) < 4.78 is 4.91. The van der Waals surface area contributed by atoms with Gasteiger partial charge in [0.25, 0.3) is 5.91 Å². The van der Waals surface area contributed by atoms with Crippen molar-refractivity contribution in [1.82, 2.24) is 5.32 Å². The van der Waals surface area contributed by atoms with Gasteiger partial charge in [-0.1, -0.05) is 0 Å². The molecule has 0 bridgehead atoms. The molecule has 0 aliphatic rings. The number of rotatable bonds is 3. The first kappa shape index (κ1) is 9.25. The number of ether oxygens (including phenoxy) is 1. The van der Waals surface area contributed by atoms with Gasteiger partial charge in [-0.3, -0.25) is 14.9 Å². The fourth-order valence-electron chi connectivity index (χ4n) is 0.879. The summed E-state index contributed by atoms with van der Waals surface area (Å²) in [6.45, 7) is 0.